The van der Waals surface area contributed by atoms with E-state index in [1.807, 2.05) is 12.1 Å². The Bertz CT molecular complexity index is 845. The van der Waals surface area contributed by atoms with Gasteiger partial charge in [0.2, 0.25) is 11.5 Å². The van der Waals surface area contributed by atoms with Gasteiger partial charge in [-0.25, -0.2) is 0 Å². The molecule has 164 valence electrons. The molecule has 0 saturated heterocycles. The molecule has 0 aromatic heterocycles. The van der Waals surface area contributed by atoms with Gasteiger partial charge in [0, 0.05) is 11.1 Å². The highest BCUT2D eigenvalue weighted by Crippen LogP contribution is 2.55. The summed E-state index contributed by atoms with van der Waals surface area (Å²) >= 11 is 0. The Balaban J connectivity index is 2.51. The fourth-order valence-corrected chi connectivity index (χ4v) is 4.38. The highest BCUT2D eigenvalue weighted by Gasteiger charge is 2.32. The Hall–Kier alpha value is -2.76. The van der Waals surface area contributed by atoms with Gasteiger partial charge < -0.3 is 28.4 Å². The summed E-state index contributed by atoms with van der Waals surface area (Å²) in [6.45, 7) is 4.56. The van der Waals surface area contributed by atoms with Crippen LogP contribution in [0, 0.1) is 11.8 Å². The quantitative estimate of drug-likeness (QED) is 0.676. The number of fused-ring (bicyclic) bond motifs is 3. The first-order valence-corrected chi connectivity index (χ1v) is 10.1. The summed E-state index contributed by atoms with van der Waals surface area (Å²) in [6.07, 6.45) is 1.76. The van der Waals surface area contributed by atoms with Crippen molar-refractivity contribution in [2.24, 2.45) is 11.8 Å². The van der Waals surface area contributed by atoms with Gasteiger partial charge >= 0.3 is 0 Å². The van der Waals surface area contributed by atoms with Gasteiger partial charge in [-0.1, -0.05) is 13.8 Å². The maximum atomic E-state index is 5.89. The largest absolute Gasteiger partial charge is 0.493 e. The summed E-state index contributed by atoms with van der Waals surface area (Å²) in [5.41, 5.74) is 4.13. The number of methoxy groups -OCH3 is 6. The second-order valence-corrected chi connectivity index (χ2v) is 7.72. The summed E-state index contributed by atoms with van der Waals surface area (Å²) in [5.74, 6) is 4.58. The van der Waals surface area contributed by atoms with Crippen molar-refractivity contribution in [1.29, 1.82) is 0 Å². The van der Waals surface area contributed by atoms with Gasteiger partial charge in [0.15, 0.2) is 23.0 Å². The minimum absolute atomic E-state index is 0.457. The molecular formula is C24H32O6. The third kappa shape index (κ3) is 3.48. The SMILES string of the molecule is COc1cc2c(c(OC)c1OC)-c1c(cc(OC)c(OC)c1OC)C[C@H](C)[C@@H](C)C2. The normalized spacial score (nSPS) is 17.7. The average Bonchev–Trinajstić information content (AvgIpc) is 2.76. The lowest BCUT2D eigenvalue weighted by molar-refractivity contribution is 0.318. The summed E-state index contributed by atoms with van der Waals surface area (Å²) in [6, 6.07) is 4.09. The summed E-state index contributed by atoms with van der Waals surface area (Å²) in [7, 11) is 9.81. The number of ether oxygens (including phenoxy) is 6. The Morgan fingerprint density at radius 3 is 1.13 bits per heavy atom. The minimum atomic E-state index is 0.457. The van der Waals surface area contributed by atoms with Crippen LogP contribution in [0.3, 0.4) is 0 Å². The molecule has 0 radical (unpaired) electrons. The molecule has 1 aliphatic rings. The zero-order valence-corrected chi connectivity index (χ0v) is 19.2. The predicted molar refractivity (Wildman–Crippen MR) is 117 cm³/mol. The zero-order chi connectivity index (χ0) is 22.0. The predicted octanol–water partition coefficient (Wildman–Crippen LogP) is 4.78. The van der Waals surface area contributed by atoms with Crippen LogP contribution in [0.25, 0.3) is 11.1 Å². The van der Waals surface area contributed by atoms with E-state index in [4.69, 9.17) is 28.4 Å². The molecule has 0 saturated carbocycles. The van der Waals surface area contributed by atoms with E-state index in [1.165, 1.54) is 0 Å². The Kier molecular flexibility index (Phi) is 6.54. The van der Waals surface area contributed by atoms with Crippen molar-refractivity contribution in [2.75, 3.05) is 42.7 Å². The molecule has 1 aliphatic carbocycles. The van der Waals surface area contributed by atoms with Crippen molar-refractivity contribution in [2.45, 2.75) is 26.7 Å². The van der Waals surface area contributed by atoms with E-state index in [0.717, 1.165) is 35.1 Å². The maximum absolute atomic E-state index is 5.89. The van der Waals surface area contributed by atoms with E-state index in [-0.39, 0.29) is 0 Å². The number of hydrogen-bond acceptors (Lipinski definition) is 6. The van der Waals surface area contributed by atoms with Crippen LogP contribution in [0.5, 0.6) is 34.5 Å². The standard InChI is InChI=1S/C24H32O6/c1-13-9-15-11-17(25-3)21(27-5)23(29-7)19(15)20-16(10-14(13)2)12-18(26-4)22(28-6)24(20)30-8/h11-14H,9-10H2,1-8H3/t13-,14-/m0/s1. The monoisotopic (exact) mass is 416 g/mol. The Morgan fingerprint density at radius 1 is 0.533 bits per heavy atom. The van der Waals surface area contributed by atoms with Crippen molar-refractivity contribution >= 4 is 0 Å². The summed E-state index contributed by atoms with van der Waals surface area (Å²) < 4.78 is 34.4. The molecule has 0 amide bonds. The molecule has 6 heteroatoms. The zero-order valence-electron chi connectivity index (χ0n) is 19.2. The lowest BCUT2D eigenvalue weighted by atomic mass is 9.77. The molecule has 0 aliphatic heterocycles. The third-order valence-corrected chi connectivity index (χ3v) is 6.13. The van der Waals surface area contributed by atoms with Gasteiger partial charge in [-0.2, -0.15) is 0 Å². The van der Waals surface area contributed by atoms with Crippen LogP contribution in [-0.4, -0.2) is 42.7 Å². The summed E-state index contributed by atoms with van der Waals surface area (Å²) in [4.78, 5) is 0. The van der Waals surface area contributed by atoms with E-state index in [9.17, 15) is 0 Å². The Labute approximate surface area is 179 Å². The Morgan fingerprint density at radius 2 is 0.867 bits per heavy atom. The first kappa shape index (κ1) is 21.9. The van der Waals surface area contributed by atoms with Gasteiger partial charge in [0.1, 0.15) is 0 Å². The molecule has 0 bridgehead atoms. The highest BCUT2D eigenvalue weighted by molar-refractivity contribution is 5.88. The lowest BCUT2D eigenvalue weighted by Gasteiger charge is -2.30. The van der Waals surface area contributed by atoms with E-state index in [0.29, 0.717) is 46.3 Å². The van der Waals surface area contributed by atoms with Crippen LogP contribution in [0.2, 0.25) is 0 Å². The third-order valence-electron chi connectivity index (χ3n) is 6.13. The van der Waals surface area contributed by atoms with Crippen LogP contribution in [0.4, 0.5) is 0 Å². The first-order chi connectivity index (χ1) is 14.4. The average molecular weight is 417 g/mol. The van der Waals surface area contributed by atoms with Crippen LogP contribution in [0.15, 0.2) is 12.1 Å². The number of hydrogen-bond donors (Lipinski definition) is 0. The van der Waals surface area contributed by atoms with E-state index >= 15 is 0 Å². The molecule has 0 unspecified atom stereocenters. The number of rotatable bonds is 6. The second-order valence-electron chi connectivity index (χ2n) is 7.72. The summed E-state index contributed by atoms with van der Waals surface area (Å²) in [5, 5.41) is 0. The highest BCUT2D eigenvalue weighted by atomic mass is 16.5. The topological polar surface area (TPSA) is 55.4 Å². The molecular weight excluding hydrogens is 384 g/mol. The molecule has 0 N–H and O–H groups in total. The van der Waals surface area contributed by atoms with Crippen molar-refractivity contribution in [3.05, 3.63) is 23.3 Å². The maximum Gasteiger partial charge on any atom is 0.203 e. The number of benzene rings is 2. The van der Waals surface area contributed by atoms with Gasteiger partial charge in [0.25, 0.3) is 0 Å². The van der Waals surface area contributed by atoms with E-state index < -0.39 is 0 Å². The first-order valence-electron chi connectivity index (χ1n) is 10.1. The molecule has 0 spiro atoms. The minimum Gasteiger partial charge on any atom is -0.493 e. The van der Waals surface area contributed by atoms with Gasteiger partial charge in [-0.3, -0.25) is 0 Å². The van der Waals surface area contributed by atoms with Gasteiger partial charge in [0.05, 0.1) is 42.7 Å². The molecule has 2 atom stereocenters. The molecule has 0 fully saturated rings. The van der Waals surface area contributed by atoms with E-state index in [1.54, 1.807) is 42.7 Å². The van der Waals surface area contributed by atoms with Crippen molar-refractivity contribution < 1.29 is 28.4 Å². The van der Waals surface area contributed by atoms with Crippen molar-refractivity contribution in [3.63, 3.8) is 0 Å². The fourth-order valence-electron chi connectivity index (χ4n) is 4.38. The van der Waals surface area contributed by atoms with Gasteiger partial charge in [-0.15, -0.1) is 0 Å². The van der Waals surface area contributed by atoms with Crippen molar-refractivity contribution in [3.8, 4) is 45.6 Å². The van der Waals surface area contributed by atoms with Crippen LogP contribution < -0.4 is 28.4 Å². The molecule has 2 aromatic carbocycles. The van der Waals surface area contributed by atoms with Crippen LogP contribution >= 0.6 is 0 Å². The second kappa shape index (κ2) is 8.94. The smallest absolute Gasteiger partial charge is 0.203 e. The van der Waals surface area contributed by atoms with Crippen LogP contribution in [-0.2, 0) is 12.8 Å². The van der Waals surface area contributed by atoms with Crippen LogP contribution in [0.1, 0.15) is 25.0 Å². The van der Waals surface area contributed by atoms with Gasteiger partial charge in [-0.05, 0) is 47.9 Å². The molecule has 6 nitrogen and oxygen atoms in total. The van der Waals surface area contributed by atoms with E-state index in [2.05, 4.69) is 13.8 Å². The molecule has 2 aromatic rings. The molecule has 0 heterocycles. The van der Waals surface area contributed by atoms with Crippen molar-refractivity contribution in [1.82, 2.24) is 0 Å². The lowest BCUT2D eigenvalue weighted by Crippen LogP contribution is -2.18. The molecule has 30 heavy (non-hydrogen) atoms. The fraction of sp³-hybridized carbons (Fsp3) is 0.500. The molecule has 3 rings (SSSR count).